The second-order valence-corrected chi connectivity index (χ2v) is 5.36. The third-order valence-corrected chi connectivity index (χ3v) is 2.90. The van der Waals surface area contributed by atoms with Crippen molar-refractivity contribution >= 4 is 5.82 Å². The Balaban J connectivity index is 2.51. The van der Waals surface area contributed by atoms with E-state index in [2.05, 4.69) is 37.1 Å². The molecule has 0 aliphatic heterocycles. The monoisotopic (exact) mass is 245 g/mol. The van der Waals surface area contributed by atoms with Gasteiger partial charge in [0.2, 0.25) is 0 Å². The lowest BCUT2D eigenvalue weighted by Gasteiger charge is -2.15. The van der Waals surface area contributed by atoms with Crippen LogP contribution in [-0.2, 0) is 0 Å². The van der Waals surface area contributed by atoms with Crippen molar-refractivity contribution in [2.75, 3.05) is 5.32 Å². The van der Waals surface area contributed by atoms with Crippen LogP contribution in [0.5, 0.6) is 0 Å². The molecule has 0 saturated heterocycles. The van der Waals surface area contributed by atoms with Gasteiger partial charge in [-0.2, -0.15) is 5.26 Å². The van der Waals surface area contributed by atoms with Crippen LogP contribution in [0.1, 0.15) is 51.3 Å². The van der Waals surface area contributed by atoms with Gasteiger partial charge in [-0.25, -0.2) is 4.98 Å². The summed E-state index contributed by atoms with van der Waals surface area (Å²) in [6, 6.07) is 6.16. The number of rotatable bonds is 6. The molecule has 0 spiro atoms. The van der Waals surface area contributed by atoms with E-state index in [-0.39, 0.29) is 0 Å². The van der Waals surface area contributed by atoms with Crippen LogP contribution in [0.4, 0.5) is 5.82 Å². The first kappa shape index (κ1) is 14.5. The number of aryl methyl sites for hydroxylation is 1. The van der Waals surface area contributed by atoms with E-state index in [0.717, 1.165) is 23.9 Å². The van der Waals surface area contributed by atoms with Crippen molar-refractivity contribution in [2.24, 2.45) is 5.92 Å². The number of anilines is 1. The van der Waals surface area contributed by atoms with Gasteiger partial charge in [0.05, 0.1) is 11.6 Å². The second kappa shape index (κ2) is 7.00. The Morgan fingerprint density at radius 1 is 1.28 bits per heavy atom. The first-order chi connectivity index (χ1) is 8.51. The molecule has 0 fully saturated rings. The van der Waals surface area contributed by atoms with Crippen molar-refractivity contribution in [1.29, 1.82) is 5.26 Å². The highest BCUT2D eigenvalue weighted by molar-refractivity contribution is 5.44. The van der Waals surface area contributed by atoms with Crippen molar-refractivity contribution < 1.29 is 0 Å². The molecular weight excluding hydrogens is 222 g/mol. The van der Waals surface area contributed by atoms with E-state index in [9.17, 15) is 0 Å². The SMILES string of the molecule is Cc1cc(C#N)cc(NC(C)CCCC(C)C)n1. The molecule has 0 saturated carbocycles. The van der Waals surface area contributed by atoms with Gasteiger partial charge in [-0.05, 0) is 38.3 Å². The minimum Gasteiger partial charge on any atom is -0.368 e. The Morgan fingerprint density at radius 3 is 2.61 bits per heavy atom. The summed E-state index contributed by atoms with van der Waals surface area (Å²) in [5, 5.41) is 12.3. The fraction of sp³-hybridized carbons (Fsp3) is 0.600. The second-order valence-electron chi connectivity index (χ2n) is 5.36. The Hall–Kier alpha value is -1.56. The number of nitriles is 1. The van der Waals surface area contributed by atoms with Crippen molar-refractivity contribution in [3.05, 3.63) is 23.4 Å². The van der Waals surface area contributed by atoms with E-state index in [0.29, 0.717) is 11.6 Å². The molecule has 0 aliphatic rings. The molecule has 1 N–H and O–H groups in total. The van der Waals surface area contributed by atoms with Gasteiger partial charge < -0.3 is 5.32 Å². The number of pyridine rings is 1. The van der Waals surface area contributed by atoms with E-state index < -0.39 is 0 Å². The maximum atomic E-state index is 8.92. The molecule has 18 heavy (non-hydrogen) atoms. The molecule has 1 aromatic rings. The summed E-state index contributed by atoms with van der Waals surface area (Å²) >= 11 is 0. The maximum Gasteiger partial charge on any atom is 0.127 e. The largest absolute Gasteiger partial charge is 0.368 e. The Bertz CT molecular complexity index is 418. The summed E-state index contributed by atoms with van der Waals surface area (Å²) in [5.74, 6) is 1.57. The van der Waals surface area contributed by atoms with Crippen LogP contribution >= 0.6 is 0 Å². The molecule has 1 rings (SSSR count). The van der Waals surface area contributed by atoms with Crippen LogP contribution < -0.4 is 5.32 Å². The van der Waals surface area contributed by atoms with E-state index in [1.54, 1.807) is 6.07 Å². The van der Waals surface area contributed by atoms with Crippen LogP contribution in [0.3, 0.4) is 0 Å². The minimum atomic E-state index is 0.393. The Kier molecular flexibility index (Phi) is 5.64. The summed E-state index contributed by atoms with van der Waals surface area (Å²) in [7, 11) is 0. The standard InChI is InChI=1S/C15H23N3/c1-11(2)6-5-7-12(3)17-15-9-14(10-16)8-13(4)18-15/h8-9,11-12H,5-7H2,1-4H3,(H,17,18). The zero-order valence-electron chi connectivity index (χ0n) is 11.8. The molecule has 1 aromatic heterocycles. The first-order valence-corrected chi connectivity index (χ1v) is 6.66. The van der Waals surface area contributed by atoms with Crippen molar-refractivity contribution in [3.8, 4) is 6.07 Å². The van der Waals surface area contributed by atoms with E-state index in [4.69, 9.17) is 5.26 Å². The molecule has 3 heteroatoms. The average Bonchev–Trinajstić information content (AvgIpc) is 2.27. The summed E-state index contributed by atoms with van der Waals surface area (Å²) in [6.45, 7) is 8.57. The van der Waals surface area contributed by atoms with Gasteiger partial charge in [-0.1, -0.05) is 26.7 Å². The fourth-order valence-electron chi connectivity index (χ4n) is 1.96. The lowest BCUT2D eigenvalue weighted by Crippen LogP contribution is -2.16. The van der Waals surface area contributed by atoms with E-state index in [1.165, 1.54) is 12.8 Å². The van der Waals surface area contributed by atoms with Crippen LogP contribution in [0.15, 0.2) is 12.1 Å². The van der Waals surface area contributed by atoms with Crippen molar-refractivity contribution in [3.63, 3.8) is 0 Å². The molecule has 3 nitrogen and oxygen atoms in total. The number of hydrogen-bond donors (Lipinski definition) is 1. The molecule has 0 aliphatic carbocycles. The maximum absolute atomic E-state index is 8.92. The first-order valence-electron chi connectivity index (χ1n) is 6.66. The summed E-state index contributed by atoms with van der Waals surface area (Å²) in [4.78, 5) is 4.40. The molecule has 98 valence electrons. The van der Waals surface area contributed by atoms with Crippen LogP contribution in [0.2, 0.25) is 0 Å². The van der Waals surface area contributed by atoms with Crippen LogP contribution in [0.25, 0.3) is 0 Å². The van der Waals surface area contributed by atoms with Gasteiger partial charge in [0.15, 0.2) is 0 Å². The molecular formula is C15H23N3. The van der Waals surface area contributed by atoms with Crippen molar-refractivity contribution in [1.82, 2.24) is 4.98 Å². The van der Waals surface area contributed by atoms with E-state index >= 15 is 0 Å². The normalized spacial score (nSPS) is 12.2. The molecule has 0 bridgehead atoms. The van der Waals surface area contributed by atoms with Crippen molar-refractivity contribution in [2.45, 2.75) is 53.0 Å². The predicted molar refractivity (Wildman–Crippen MR) is 75.5 cm³/mol. The minimum absolute atomic E-state index is 0.393. The zero-order valence-corrected chi connectivity index (χ0v) is 11.8. The number of nitrogens with one attached hydrogen (secondary N) is 1. The smallest absolute Gasteiger partial charge is 0.127 e. The highest BCUT2D eigenvalue weighted by Gasteiger charge is 2.05. The summed E-state index contributed by atoms with van der Waals surface area (Å²) in [6.07, 6.45) is 3.62. The third-order valence-electron chi connectivity index (χ3n) is 2.90. The zero-order chi connectivity index (χ0) is 13.5. The molecule has 0 aromatic carbocycles. The lowest BCUT2D eigenvalue weighted by atomic mass is 10.0. The van der Waals surface area contributed by atoms with Crippen LogP contribution in [-0.4, -0.2) is 11.0 Å². The summed E-state index contributed by atoms with van der Waals surface area (Å²) < 4.78 is 0. The van der Waals surface area contributed by atoms with Gasteiger partial charge in [0.25, 0.3) is 0 Å². The van der Waals surface area contributed by atoms with E-state index in [1.807, 2.05) is 13.0 Å². The number of hydrogen-bond acceptors (Lipinski definition) is 3. The van der Waals surface area contributed by atoms with Gasteiger partial charge >= 0.3 is 0 Å². The topological polar surface area (TPSA) is 48.7 Å². The number of aromatic nitrogens is 1. The van der Waals surface area contributed by atoms with Gasteiger partial charge in [0.1, 0.15) is 5.82 Å². The highest BCUT2D eigenvalue weighted by Crippen LogP contribution is 2.14. The highest BCUT2D eigenvalue weighted by atomic mass is 15.0. The quantitative estimate of drug-likeness (QED) is 0.827. The van der Waals surface area contributed by atoms with Gasteiger partial charge in [-0.15, -0.1) is 0 Å². The molecule has 1 heterocycles. The predicted octanol–water partition coefficient (Wildman–Crippen LogP) is 3.89. The Labute approximate surface area is 110 Å². The third kappa shape index (κ3) is 5.18. The molecule has 1 atom stereocenters. The fourth-order valence-corrected chi connectivity index (χ4v) is 1.96. The lowest BCUT2D eigenvalue weighted by molar-refractivity contribution is 0.520. The molecule has 1 unspecified atom stereocenters. The van der Waals surface area contributed by atoms with Gasteiger partial charge in [-0.3, -0.25) is 0 Å². The van der Waals surface area contributed by atoms with Crippen LogP contribution in [0, 0.1) is 24.2 Å². The van der Waals surface area contributed by atoms with Gasteiger partial charge in [0, 0.05) is 11.7 Å². The molecule has 0 radical (unpaired) electrons. The number of nitrogens with zero attached hydrogens (tertiary/aromatic N) is 2. The Morgan fingerprint density at radius 2 is 2.00 bits per heavy atom. The average molecular weight is 245 g/mol. The summed E-state index contributed by atoms with van der Waals surface area (Å²) in [5.41, 5.74) is 1.55. The molecule has 0 amide bonds.